The SMILES string of the molecule is CCc1cccc(CC)c1NC(N)=NCc1cccnc1. The minimum atomic E-state index is 0.439. The fraction of sp³-hybridized carbons (Fsp3) is 0.294. The molecule has 3 N–H and O–H groups in total. The quantitative estimate of drug-likeness (QED) is 0.654. The lowest BCUT2D eigenvalue weighted by Gasteiger charge is -2.14. The third-order valence-electron chi connectivity index (χ3n) is 3.41. The van der Waals surface area contributed by atoms with Gasteiger partial charge in [-0.2, -0.15) is 0 Å². The molecule has 4 nitrogen and oxygen atoms in total. The molecule has 1 aromatic heterocycles. The first-order valence-electron chi connectivity index (χ1n) is 7.31. The number of rotatable bonds is 5. The molecule has 0 bridgehead atoms. The molecule has 0 spiro atoms. The Kier molecular flexibility index (Phi) is 5.32. The van der Waals surface area contributed by atoms with E-state index in [0.717, 1.165) is 24.1 Å². The molecule has 0 atom stereocenters. The number of benzene rings is 1. The summed E-state index contributed by atoms with van der Waals surface area (Å²) in [6.07, 6.45) is 5.48. The molecule has 4 heteroatoms. The zero-order chi connectivity index (χ0) is 15.1. The van der Waals surface area contributed by atoms with Crippen molar-refractivity contribution in [3.05, 3.63) is 59.4 Å². The zero-order valence-electron chi connectivity index (χ0n) is 12.6. The molecule has 21 heavy (non-hydrogen) atoms. The lowest BCUT2D eigenvalue weighted by Crippen LogP contribution is -2.24. The molecule has 0 unspecified atom stereocenters. The number of anilines is 1. The molecule has 1 aromatic carbocycles. The van der Waals surface area contributed by atoms with Gasteiger partial charge in [0.05, 0.1) is 6.54 Å². The number of hydrogen-bond acceptors (Lipinski definition) is 2. The van der Waals surface area contributed by atoms with Crippen LogP contribution in [0, 0.1) is 0 Å². The maximum Gasteiger partial charge on any atom is 0.193 e. The summed E-state index contributed by atoms with van der Waals surface area (Å²) in [4.78, 5) is 8.45. The van der Waals surface area contributed by atoms with Gasteiger partial charge in [0.1, 0.15) is 0 Å². The summed E-state index contributed by atoms with van der Waals surface area (Å²) in [7, 11) is 0. The van der Waals surface area contributed by atoms with E-state index in [9.17, 15) is 0 Å². The molecule has 0 fully saturated rings. The van der Waals surface area contributed by atoms with E-state index in [1.54, 1.807) is 12.4 Å². The van der Waals surface area contributed by atoms with Gasteiger partial charge in [-0.15, -0.1) is 0 Å². The number of nitrogens with one attached hydrogen (secondary N) is 1. The van der Waals surface area contributed by atoms with Gasteiger partial charge in [0.15, 0.2) is 5.96 Å². The number of nitrogens with two attached hydrogens (primary N) is 1. The number of aromatic nitrogens is 1. The number of para-hydroxylation sites is 1. The van der Waals surface area contributed by atoms with Crippen LogP contribution in [0.15, 0.2) is 47.7 Å². The van der Waals surface area contributed by atoms with Gasteiger partial charge < -0.3 is 11.1 Å². The van der Waals surface area contributed by atoms with Crippen molar-refractivity contribution in [1.29, 1.82) is 0 Å². The number of aryl methyl sites for hydroxylation is 2. The van der Waals surface area contributed by atoms with Crippen LogP contribution in [0.25, 0.3) is 0 Å². The highest BCUT2D eigenvalue weighted by molar-refractivity contribution is 5.93. The first-order chi connectivity index (χ1) is 10.2. The summed E-state index contributed by atoms with van der Waals surface area (Å²) in [5.74, 6) is 0.439. The molecule has 0 aliphatic carbocycles. The molecule has 0 aliphatic heterocycles. The van der Waals surface area contributed by atoms with Crippen LogP contribution in [0.3, 0.4) is 0 Å². The van der Waals surface area contributed by atoms with Gasteiger partial charge in [-0.3, -0.25) is 4.98 Å². The van der Waals surface area contributed by atoms with Crippen molar-refractivity contribution in [3.63, 3.8) is 0 Å². The Morgan fingerprint density at radius 3 is 2.43 bits per heavy atom. The van der Waals surface area contributed by atoms with E-state index in [2.05, 4.69) is 47.3 Å². The molecular formula is C17H22N4. The summed E-state index contributed by atoms with van der Waals surface area (Å²) in [5, 5.41) is 3.26. The molecule has 0 saturated heterocycles. The Labute approximate surface area is 126 Å². The first-order valence-corrected chi connectivity index (χ1v) is 7.31. The third-order valence-corrected chi connectivity index (χ3v) is 3.41. The monoisotopic (exact) mass is 282 g/mol. The first kappa shape index (κ1) is 15.0. The molecule has 2 rings (SSSR count). The van der Waals surface area contributed by atoms with Crippen molar-refractivity contribution in [2.45, 2.75) is 33.2 Å². The summed E-state index contributed by atoms with van der Waals surface area (Å²) in [6, 6.07) is 10.2. The van der Waals surface area contributed by atoms with E-state index in [0.29, 0.717) is 12.5 Å². The molecule has 0 amide bonds. The van der Waals surface area contributed by atoms with E-state index < -0.39 is 0 Å². The highest BCUT2D eigenvalue weighted by Crippen LogP contribution is 2.22. The van der Waals surface area contributed by atoms with E-state index in [4.69, 9.17) is 5.73 Å². The summed E-state index contributed by atoms with van der Waals surface area (Å²) in [5.41, 5.74) is 10.7. The third kappa shape index (κ3) is 4.05. The fourth-order valence-electron chi connectivity index (χ4n) is 2.24. The molecule has 0 aliphatic rings. The lowest BCUT2D eigenvalue weighted by molar-refractivity contribution is 1.03. The number of pyridine rings is 1. The Hall–Kier alpha value is -2.36. The molecular weight excluding hydrogens is 260 g/mol. The Balaban J connectivity index is 2.13. The Bertz CT molecular complexity index is 583. The van der Waals surface area contributed by atoms with Gasteiger partial charge in [-0.25, -0.2) is 4.99 Å². The number of nitrogens with zero attached hydrogens (tertiary/aromatic N) is 2. The van der Waals surface area contributed by atoms with Crippen molar-refractivity contribution in [1.82, 2.24) is 4.98 Å². The van der Waals surface area contributed by atoms with Gasteiger partial charge >= 0.3 is 0 Å². The number of hydrogen-bond donors (Lipinski definition) is 2. The summed E-state index contributed by atoms with van der Waals surface area (Å²) < 4.78 is 0. The number of guanidine groups is 1. The Morgan fingerprint density at radius 1 is 1.14 bits per heavy atom. The normalized spacial score (nSPS) is 11.4. The van der Waals surface area contributed by atoms with Gasteiger partial charge in [0.25, 0.3) is 0 Å². The fourth-order valence-corrected chi connectivity index (χ4v) is 2.24. The van der Waals surface area contributed by atoms with E-state index in [1.807, 2.05) is 12.1 Å². The molecule has 0 saturated carbocycles. The van der Waals surface area contributed by atoms with Gasteiger partial charge in [-0.1, -0.05) is 38.1 Å². The van der Waals surface area contributed by atoms with Crippen molar-refractivity contribution < 1.29 is 0 Å². The zero-order valence-corrected chi connectivity index (χ0v) is 12.6. The second-order valence-electron chi connectivity index (χ2n) is 4.85. The average Bonchev–Trinajstić information content (AvgIpc) is 2.54. The van der Waals surface area contributed by atoms with E-state index >= 15 is 0 Å². The summed E-state index contributed by atoms with van der Waals surface area (Å²) >= 11 is 0. The van der Waals surface area contributed by atoms with Crippen molar-refractivity contribution >= 4 is 11.6 Å². The van der Waals surface area contributed by atoms with Gasteiger partial charge in [-0.05, 0) is 35.6 Å². The lowest BCUT2D eigenvalue weighted by atomic mass is 10.0. The van der Waals surface area contributed by atoms with Crippen LogP contribution in [0.4, 0.5) is 5.69 Å². The maximum atomic E-state index is 6.02. The minimum Gasteiger partial charge on any atom is -0.370 e. The van der Waals surface area contributed by atoms with Crippen LogP contribution < -0.4 is 11.1 Å². The van der Waals surface area contributed by atoms with Crippen molar-refractivity contribution in [3.8, 4) is 0 Å². The second kappa shape index (κ2) is 7.43. The highest BCUT2D eigenvalue weighted by Gasteiger charge is 2.06. The van der Waals surface area contributed by atoms with Crippen molar-refractivity contribution in [2.24, 2.45) is 10.7 Å². The Morgan fingerprint density at radius 2 is 1.86 bits per heavy atom. The number of aliphatic imine (C=N–C) groups is 1. The molecule has 110 valence electrons. The predicted octanol–water partition coefficient (Wildman–Crippen LogP) is 3.13. The van der Waals surface area contributed by atoms with Crippen LogP contribution in [-0.4, -0.2) is 10.9 Å². The standard InChI is InChI=1S/C17H22N4/c1-3-14-8-5-9-15(4-2)16(14)21-17(18)20-12-13-7-6-10-19-11-13/h5-11H,3-4,12H2,1-2H3,(H3,18,20,21). The van der Waals surface area contributed by atoms with Gasteiger partial charge in [0.2, 0.25) is 0 Å². The second-order valence-corrected chi connectivity index (χ2v) is 4.85. The van der Waals surface area contributed by atoms with Crippen LogP contribution >= 0.6 is 0 Å². The molecule has 0 radical (unpaired) electrons. The maximum absolute atomic E-state index is 6.02. The topological polar surface area (TPSA) is 63.3 Å². The highest BCUT2D eigenvalue weighted by atomic mass is 15.1. The molecule has 2 aromatic rings. The van der Waals surface area contributed by atoms with Crippen LogP contribution in [-0.2, 0) is 19.4 Å². The van der Waals surface area contributed by atoms with Crippen LogP contribution in [0.2, 0.25) is 0 Å². The average molecular weight is 282 g/mol. The smallest absolute Gasteiger partial charge is 0.193 e. The van der Waals surface area contributed by atoms with E-state index in [-0.39, 0.29) is 0 Å². The van der Waals surface area contributed by atoms with E-state index in [1.165, 1.54) is 11.1 Å². The predicted molar refractivity (Wildman–Crippen MR) is 88.4 cm³/mol. The van der Waals surface area contributed by atoms with Crippen LogP contribution in [0.1, 0.15) is 30.5 Å². The van der Waals surface area contributed by atoms with Crippen LogP contribution in [0.5, 0.6) is 0 Å². The summed E-state index contributed by atoms with van der Waals surface area (Å²) in [6.45, 7) is 4.81. The largest absolute Gasteiger partial charge is 0.370 e. The van der Waals surface area contributed by atoms with Gasteiger partial charge in [0, 0.05) is 18.1 Å². The minimum absolute atomic E-state index is 0.439. The molecule has 1 heterocycles. The van der Waals surface area contributed by atoms with Crippen molar-refractivity contribution in [2.75, 3.05) is 5.32 Å².